The van der Waals surface area contributed by atoms with Crippen molar-refractivity contribution in [3.63, 3.8) is 0 Å². The third-order valence-electron chi connectivity index (χ3n) is 3.93. The van der Waals surface area contributed by atoms with E-state index in [4.69, 9.17) is 9.47 Å². The third-order valence-corrected chi connectivity index (χ3v) is 4.79. The fourth-order valence-corrected chi connectivity index (χ4v) is 3.29. The Balaban J connectivity index is 1.54. The molecule has 136 valence electrons. The van der Waals surface area contributed by atoms with Crippen molar-refractivity contribution in [3.05, 3.63) is 16.1 Å². The van der Waals surface area contributed by atoms with Crippen LogP contribution in [-0.4, -0.2) is 51.0 Å². The van der Waals surface area contributed by atoms with Crippen molar-refractivity contribution in [2.24, 2.45) is 10.9 Å². The highest BCUT2D eigenvalue weighted by atomic mass is 32.1. The maximum absolute atomic E-state index is 5.70. The Kier molecular flexibility index (Phi) is 8.49. The van der Waals surface area contributed by atoms with Gasteiger partial charge in [-0.3, -0.25) is 4.99 Å². The van der Waals surface area contributed by atoms with Crippen molar-refractivity contribution in [2.75, 3.05) is 40.0 Å². The van der Waals surface area contributed by atoms with Crippen molar-refractivity contribution < 1.29 is 9.47 Å². The Morgan fingerprint density at radius 1 is 1.50 bits per heavy atom. The molecule has 1 fully saturated rings. The zero-order valence-electron chi connectivity index (χ0n) is 15.0. The predicted octanol–water partition coefficient (Wildman–Crippen LogP) is 2.37. The molecule has 1 atom stereocenters. The van der Waals surface area contributed by atoms with Crippen LogP contribution in [0, 0.1) is 5.92 Å². The third kappa shape index (κ3) is 6.75. The second kappa shape index (κ2) is 10.6. The number of ether oxygens (including phenoxy) is 2. The van der Waals surface area contributed by atoms with Crippen molar-refractivity contribution in [3.8, 4) is 0 Å². The summed E-state index contributed by atoms with van der Waals surface area (Å²) in [6.45, 7) is 9.19. The number of thiazole rings is 1. The molecule has 24 heavy (non-hydrogen) atoms. The SMILES string of the molecule is CN=C(NCCCOCC1CCOC1)NCc1nc(C(C)C)cs1. The number of hydrogen-bond acceptors (Lipinski definition) is 5. The van der Waals surface area contributed by atoms with Crippen molar-refractivity contribution in [1.82, 2.24) is 15.6 Å². The van der Waals surface area contributed by atoms with E-state index in [9.17, 15) is 0 Å². The van der Waals surface area contributed by atoms with Crippen molar-refractivity contribution in [1.29, 1.82) is 0 Å². The molecule has 7 heteroatoms. The fourth-order valence-electron chi connectivity index (χ4n) is 2.40. The topological polar surface area (TPSA) is 67.8 Å². The molecule has 0 amide bonds. The highest BCUT2D eigenvalue weighted by Gasteiger charge is 2.15. The van der Waals surface area contributed by atoms with Gasteiger partial charge in [-0.15, -0.1) is 11.3 Å². The van der Waals surface area contributed by atoms with E-state index in [1.807, 2.05) is 0 Å². The minimum atomic E-state index is 0.475. The summed E-state index contributed by atoms with van der Waals surface area (Å²) in [5.41, 5.74) is 1.16. The molecule has 1 aromatic heterocycles. The van der Waals surface area contributed by atoms with Gasteiger partial charge in [-0.05, 0) is 18.8 Å². The van der Waals surface area contributed by atoms with Gasteiger partial charge in [-0.1, -0.05) is 13.8 Å². The highest BCUT2D eigenvalue weighted by Crippen LogP contribution is 2.17. The first-order valence-electron chi connectivity index (χ1n) is 8.73. The quantitative estimate of drug-likeness (QED) is 0.405. The molecular formula is C17H30N4O2S. The summed E-state index contributed by atoms with van der Waals surface area (Å²) in [4.78, 5) is 8.86. The lowest BCUT2D eigenvalue weighted by molar-refractivity contribution is 0.0888. The number of nitrogens with zero attached hydrogens (tertiary/aromatic N) is 2. The molecule has 2 rings (SSSR count). The van der Waals surface area contributed by atoms with Gasteiger partial charge in [-0.2, -0.15) is 0 Å². The first-order chi connectivity index (χ1) is 11.7. The molecule has 0 bridgehead atoms. The van der Waals surface area contributed by atoms with Crippen molar-refractivity contribution >= 4 is 17.3 Å². The molecule has 0 aliphatic carbocycles. The number of guanidine groups is 1. The summed E-state index contributed by atoms with van der Waals surface area (Å²) < 4.78 is 11.0. The lowest BCUT2D eigenvalue weighted by atomic mass is 10.1. The molecule has 0 spiro atoms. The lowest BCUT2D eigenvalue weighted by Crippen LogP contribution is -2.37. The first-order valence-corrected chi connectivity index (χ1v) is 9.61. The van der Waals surface area contributed by atoms with E-state index in [1.54, 1.807) is 18.4 Å². The molecule has 1 aromatic rings. The molecule has 1 aliphatic rings. The van der Waals surface area contributed by atoms with Gasteiger partial charge in [0.2, 0.25) is 0 Å². The molecule has 0 aromatic carbocycles. The number of aliphatic imine (C=N–C) groups is 1. The monoisotopic (exact) mass is 354 g/mol. The summed E-state index contributed by atoms with van der Waals surface area (Å²) in [5.74, 6) is 1.87. The maximum atomic E-state index is 5.70. The number of hydrogen-bond donors (Lipinski definition) is 2. The minimum absolute atomic E-state index is 0.475. The van der Waals surface area contributed by atoms with Crippen LogP contribution in [-0.2, 0) is 16.0 Å². The Bertz CT molecular complexity index is 499. The van der Waals surface area contributed by atoms with Crippen LogP contribution >= 0.6 is 11.3 Å². The average molecular weight is 355 g/mol. The van der Waals surface area contributed by atoms with E-state index in [0.29, 0.717) is 18.4 Å². The molecule has 1 saturated heterocycles. The maximum Gasteiger partial charge on any atom is 0.191 e. The number of nitrogens with one attached hydrogen (secondary N) is 2. The van der Waals surface area contributed by atoms with Gasteiger partial charge >= 0.3 is 0 Å². The van der Waals surface area contributed by atoms with Crippen molar-refractivity contribution in [2.45, 2.75) is 39.2 Å². The Morgan fingerprint density at radius 3 is 3.04 bits per heavy atom. The van der Waals surface area contributed by atoms with Crippen LogP contribution in [0.3, 0.4) is 0 Å². The molecule has 1 aliphatic heterocycles. The van der Waals surface area contributed by atoms with Gasteiger partial charge in [0.1, 0.15) is 5.01 Å². The number of rotatable bonds is 9. The molecule has 2 heterocycles. The van der Waals surface area contributed by atoms with Crippen LogP contribution in [0.15, 0.2) is 10.4 Å². The van der Waals surface area contributed by atoms with E-state index in [-0.39, 0.29) is 0 Å². The smallest absolute Gasteiger partial charge is 0.191 e. The zero-order valence-corrected chi connectivity index (χ0v) is 15.8. The van der Waals surface area contributed by atoms with Crippen LogP contribution in [0.25, 0.3) is 0 Å². The molecule has 0 radical (unpaired) electrons. The summed E-state index contributed by atoms with van der Waals surface area (Å²) in [6, 6.07) is 0. The van der Waals surface area contributed by atoms with Crippen LogP contribution in [0.5, 0.6) is 0 Å². The Labute approximate surface area is 149 Å². The van der Waals surface area contributed by atoms with E-state index >= 15 is 0 Å². The van der Waals surface area contributed by atoms with Crippen LogP contribution in [0.4, 0.5) is 0 Å². The average Bonchev–Trinajstić information content (AvgIpc) is 3.25. The van der Waals surface area contributed by atoms with E-state index in [0.717, 1.165) is 62.5 Å². The van der Waals surface area contributed by atoms with Gasteiger partial charge in [-0.25, -0.2) is 4.98 Å². The molecule has 2 N–H and O–H groups in total. The van der Waals surface area contributed by atoms with Gasteiger partial charge in [0.05, 0.1) is 25.5 Å². The predicted molar refractivity (Wildman–Crippen MR) is 98.8 cm³/mol. The van der Waals surface area contributed by atoms with Gasteiger partial charge in [0.15, 0.2) is 5.96 Å². The van der Waals surface area contributed by atoms with Gasteiger partial charge < -0.3 is 20.1 Å². The normalized spacial score (nSPS) is 18.3. The van der Waals surface area contributed by atoms with E-state index in [1.165, 1.54) is 0 Å². The van der Waals surface area contributed by atoms with E-state index in [2.05, 4.69) is 39.8 Å². The zero-order chi connectivity index (χ0) is 17.2. The van der Waals surface area contributed by atoms with Crippen LogP contribution in [0.1, 0.15) is 43.3 Å². The van der Waals surface area contributed by atoms with E-state index < -0.39 is 0 Å². The first kappa shape index (κ1) is 19.1. The Hall–Kier alpha value is -1.18. The summed E-state index contributed by atoms with van der Waals surface area (Å²) in [7, 11) is 1.79. The molecule has 1 unspecified atom stereocenters. The molecule has 0 saturated carbocycles. The molecular weight excluding hydrogens is 324 g/mol. The van der Waals surface area contributed by atoms with Crippen LogP contribution < -0.4 is 10.6 Å². The summed E-state index contributed by atoms with van der Waals surface area (Å²) in [6.07, 6.45) is 2.09. The standard InChI is InChI=1S/C17H30N4O2S/c1-13(2)15-12-24-16(21-15)9-20-17(18-3)19-6-4-7-22-10-14-5-8-23-11-14/h12-14H,4-11H2,1-3H3,(H2,18,19,20). The second-order valence-electron chi connectivity index (χ2n) is 6.33. The summed E-state index contributed by atoms with van der Waals surface area (Å²) in [5, 5.41) is 9.83. The van der Waals surface area contributed by atoms with Gasteiger partial charge in [0.25, 0.3) is 0 Å². The number of aromatic nitrogens is 1. The Morgan fingerprint density at radius 2 is 2.38 bits per heavy atom. The summed E-state index contributed by atoms with van der Waals surface area (Å²) >= 11 is 1.69. The highest BCUT2D eigenvalue weighted by molar-refractivity contribution is 7.09. The van der Waals surface area contributed by atoms with Gasteiger partial charge in [0, 0.05) is 38.1 Å². The lowest BCUT2D eigenvalue weighted by Gasteiger charge is -2.12. The fraction of sp³-hybridized carbons (Fsp3) is 0.765. The largest absolute Gasteiger partial charge is 0.381 e. The molecule has 6 nitrogen and oxygen atoms in total. The minimum Gasteiger partial charge on any atom is -0.381 e. The second-order valence-corrected chi connectivity index (χ2v) is 7.27. The van der Waals surface area contributed by atoms with Crippen LogP contribution in [0.2, 0.25) is 0 Å².